The van der Waals surface area contributed by atoms with Gasteiger partial charge < -0.3 is 4.74 Å². The lowest BCUT2D eigenvalue weighted by molar-refractivity contribution is 0.0980. The van der Waals surface area contributed by atoms with E-state index in [0.717, 1.165) is 5.56 Å². The van der Waals surface area contributed by atoms with Crippen LogP contribution in [0.4, 0.5) is 0 Å². The van der Waals surface area contributed by atoms with Crippen molar-refractivity contribution in [3.05, 3.63) is 94.5 Å². The minimum atomic E-state index is -3.85. The third-order valence-corrected chi connectivity index (χ3v) is 7.18. The van der Waals surface area contributed by atoms with Gasteiger partial charge in [0.1, 0.15) is 5.75 Å². The molecule has 0 spiro atoms. The van der Waals surface area contributed by atoms with E-state index in [2.05, 4.69) is 0 Å². The Morgan fingerprint density at radius 2 is 1.69 bits per heavy atom. The van der Waals surface area contributed by atoms with Gasteiger partial charge >= 0.3 is 0 Å². The van der Waals surface area contributed by atoms with Crippen molar-refractivity contribution in [2.45, 2.75) is 23.5 Å². The summed E-state index contributed by atoms with van der Waals surface area (Å²) < 4.78 is 32.1. The number of hydrogen-bond donors (Lipinski definition) is 0. The number of sulfone groups is 1. The van der Waals surface area contributed by atoms with Gasteiger partial charge in [-0.3, -0.25) is 4.79 Å². The van der Waals surface area contributed by atoms with Crippen molar-refractivity contribution in [3.8, 4) is 5.75 Å². The van der Waals surface area contributed by atoms with Gasteiger partial charge in [0.05, 0.1) is 17.3 Å². The molecule has 3 aromatic rings. The summed E-state index contributed by atoms with van der Waals surface area (Å²) in [5.74, 6) is 0.232. The van der Waals surface area contributed by atoms with Gasteiger partial charge in [0.15, 0.2) is 15.6 Å². The molecule has 0 aliphatic carbocycles. The molecule has 0 saturated heterocycles. The Labute approximate surface area is 176 Å². The normalized spacial score (nSPS) is 12.4. The van der Waals surface area contributed by atoms with Crippen molar-refractivity contribution < 1.29 is 17.9 Å². The van der Waals surface area contributed by atoms with Gasteiger partial charge in [-0.15, -0.1) is 0 Å². The maximum Gasteiger partial charge on any atom is 0.185 e. The fourth-order valence-corrected chi connectivity index (χ4v) is 5.18. The molecule has 3 aromatic carbocycles. The molecule has 29 heavy (non-hydrogen) atoms. The largest absolute Gasteiger partial charge is 0.497 e. The maximum absolute atomic E-state index is 13.5. The summed E-state index contributed by atoms with van der Waals surface area (Å²) in [5, 5.41) is -0.788. The van der Waals surface area contributed by atoms with E-state index in [1.807, 2.05) is 6.92 Å². The van der Waals surface area contributed by atoms with Gasteiger partial charge in [-0.05, 0) is 42.8 Å². The highest BCUT2D eigenvalue weighted by Gasteiger charge is 2.33. The Hall–Kier alpha value is -2.63. The highest BCUT2D eigenvalue weighted by Crippen LogP contribution is 2.36. The molecular weight excluding hydrogens is 408 g/mol. The van der Waals surface area contributed by atoms with E-state index >= 15 is 0 Å². The lowest BCUT2D eigenvalue weighted by Gasteiger charge is -2.19. The van der Waals surface area contributed by atoms with E-state index in [1.54, 1.807) is 72.8 Å². The highest BCUT2D eigenvalue weighted by atomic mass is 35.5. The molecule has 3 rings (SSSR count). The van der Waals surface area contributed by atoms with E-state index in [9.17, 15) is 13.2 Å². The Kier molecular flexibility index (Phi) is 6.40. The second kappa shape index (κ2) is 8.80. The lowest BCUT2D eigenvalue weighted by atomic mass is 10.0. The second-order valence-electron chi connectivity index (χ2n) is 6.73. The number of aryl methyl sites for hydroxylation is 1. The predicted octanol–water partition coefficient (Wildman–Crippen LogP) is 5.45. The summed E-state index contributed by atoms with van der Waals surface area (Å²) in [7, 11) is -2.34. The summed E-state index contributed by atoms with van der Waals surface area (Å²) in [6.07, 6.45) is -0.229. The standard InChI is InChI=1S/C23H21ClO4S/c1-16-10-12-19(13-11-16)29(26,27)23(20-8-3-4-9-21(20)24)15-22(25)17-6-5-7-18(14-17)28-2/h3-14,23H,15H2,1-2H3/t23-/m1/s1. The van der Waals surface area contributed by atoms with Crippen LogP contribution in [0.1, 0.15) is 33.2 Å². The predicted molar refractivity (Wildman–Crippen MR) is 114 cm³/mol. The molecule has 4 nitrogen and oxygen atoms in total. The van der Waals surface area contributed by atoms with Crippen LogP contribution in [0.5, 0.6) is 5.75 Å². The molecule has 0 aliphatic rings. The molecule has 6 heteroatoms. The second-order valence-corrected chi connectivity index (χ2v) is 9.27. The number of Topliss-reactive ketones (excluding diaryl/α,β-unsaturated/α-hetero) is 1. The third-order valence-electron chi connectivity index (χ3n) is 4.74. The molecular formula is C23H21ClO4S. The van der Waals surface area contributed by atoms with Crippen LogP contribution in [0, 0.1) is 6.92 Å². The summed E-state index contributed by atoms with van der Waals surface area (Å²) >= 11 is 6.32. The van der Waals surface area contributed by atoms with Crippen molar-refractivity contribution in [1.29, 1.82) is 0 Å². The summed E-state index contributed by atoms with van der Waals surface area (Å²) in [6.45, 7) is 1.88. The Morgan fingerprint density at radius 1 is 1.00 bits per heavy atom. The van der Waals surface area contributed by atoms with Crippen LogP contribution in [0.3, 0.4) is 0 Å². The summed E-state index contributed by atoms with van der Waals surface area (Å²) in [4.78, 5) is 13.1. The Balaban J connectivity index is 2.05. The monoisotopic (exact) mass is 428 g/mol. The quantitative estimate of drug-likeness (QED) is 0.470. The molecule has 0 heterocycles. The van der Waals surface area contributed by atoms with Crippen molar-refractivity contribution in [1.82, 2.24) is 0 Å². The number of benzene rings is 3. The van der Waals surface area contributed by atoms with E-state index in [0.29, 0.717) is 21.9 Å². The van der Waals surface area contributed by atoms with Crippen LogP contribution < -0.4 is 4.74 Å². The van der Waals surface area contributed by atoms with Crippen molar-refractivity contribution >= 4 is 27.2 Å². The van der Waals surface area contributed by atoms with E-state index < -0.39 is 15.1 Å². The van der Waals surface area contributed by atoms with Crippen LogP contribution in [0.25, 0.3) is 0 Å². The Bertz CT molecular complexity index is 1120. The zero-order chi connectivity index (χ0) is 21.0. The SMILES string of the molecule is COc1cccc(C(=O)C[C@H](c2ccccc2Cl)S(=O)(=O)c2ccc(C)cc2)c1. The van der Waals surface area contributed by atoms with Gasteiger partial charge in [0, 0.05) is 17.0 Å². The topological polar surface area (TPSA) is 60.4 Å². The van der Waals surface area contributed by atoms with Gasteiger partial charge in [-0.2, -0.15) is 0 Å². The van der Waals surface area contributed by atoms with Crippen LogP contribution in [-0.4, -0.2) is 21.3 Å². The van der Waals surface area contributed by atoms with Gasteiger partial charge in [0.25, 0.3) is 0 Å². The fraction of sp³-hybridized carbons (Fsp3) is 0.174. The van der Waals surface area contributed by atoms with Gasteiger partial charge in [-0.25, -0.2) is 8.42 Å². The number of ether oxygens (including phenoxy) is 1. The van der Waals surface area contributed by atoms with E-state index in [1.165, 1.54) is 7.11 Å². The number of rotatable bonds is 7. The fourth-order valence-electron chi connectivity index (χ4n) is 3.10. The van der Waals surface area contributed by atoms with Crippen LogP contribution in [0.2, 0.25) is 5.02 Å². The zero-order valence-corrected chi connectivity index (χ0v) is 17.7. The zero-order valence-electron chi connectivity index (χ0n) is 16.1. The molecule has 0 fully saturated rings. The molecule has 150 valence electrons. The van der Waals surface area contributed by atoms with Crippen LogP contribution >= 0.6 is 11.6 Å². The first kappa shape index (κ1) is 21.1. The average Bonchev–Trinajstić information content (AvgIpc) is 2.72. The van der Waals surface area contributed by atoms with Crippen molar-refractivity contribution in [2.24, 2.45) is 0 Å². The summed E-state index contributed by atoms with van der Waals surface area (Å²) in [6, 6.07) is 20.0. The Morgan fingerprint density at radius 3 is 2.34 bits per heavy atom. The number of ketones is 1. The van der Waals surface area contributed by atoms with Gasteiger partial charge in [0.2, 0.25) is 0 Å². The molecule has 0 saturated carbocycles. The molecule has 0 amide bonds. The molecule has 0 aromatic heterocycles. The molecule has 1 atom stereocenters. The minimum absolute atomic E-state index is 0.159. The number of methoxy groups -OCH3 is 1. The molecule has 0 radical (unpaired) electrons. The van der Waals surface area contributed by atoms with Crippen LogP contribution in [-0.2, 0) is 9.84 Å². The number of halogens is 1. The first-order valence-corrected chi connectivity index (χ1v) is 11.0. The first-order chi connectivity index (χ1) is 13.8. The van der Waals surface area contributed by atoms with E-state index in [4.69, 9.17) is 16.3 Å². The number of hydrogen-bond acceptors (Lipinski definition) is 4. The van der Waals surface area contributed by atoms with E-state index in [-0.39, 0.29) is 17.1 Å². The first-order valence-electron chi connectivity index (χ1n) is 9.05. The van der Waals surface area contributed by atoms with Crippen molar-refractivity contribution in [2.75, 3.05) is 7.11 Å². The minimum Gasteiger partial charge on any atom is -0.497 e. The third kappa shape index (κ3) is 4.69. The highest BCUT2D eigenvalue weighted by molar-refractivity contribution is 7.91. The number of carbonyl (C=O) groups excluding carboxylic acids is 1. The van der Waals surface area contributed by atoms with Crippen LogP contribution in [0.15, 0.2) is 77.7 Å². The smallest absolute Gasteiger partial charge is 0.185 e. The van der Waals surface area contributed by atoms with Gasteiger partial charge in [-0.1, -0.05) is 59.6 Å². The summed E-state index contributed by atoms with van der Waals surface area (Å²) in [5.41, 5.74) is 1.75. The maximum atomic E-state index is 13.5. The molecule has 0 unspecified atom stereocenters. The average molecular weight is 429 g/mol. The molecule has 0 bridgehead atoms. The van der Waals surface area contributed by atoms with Crippen molar-refractivity contribution in [3.63, 3.8) is 0 Å². The molecule has 0 aliphatic heterocycles. The lowest BCUT2D eigenvalue weighted by Crippen LogP contribution is -2.18. The number of carbonyl (C=O) groups is 1. The molecule has 0 N–H and O–H groups in total.